The van der Waals surface area contributed by atoms with Crippen LogP contribution < -0.4 is 0 Å². The summed E-state index contributed by atoms with van der Waals surface area (Å²) < 4.78 is 13.6. The molecule has 0 spiro atoms. The van der Waals surface area contributed by atoms with Crippen LogP contribution in [0.1, 0.15) is 10.4 Å². The van der Waals surface area contributed by atoms with Crippen LogP contribution in [0, 0.1) is 5.82 Å². The van der Waals surface area contributed by atoms with E-state index < -0.39 is 11.8 Å². The molecular weight excluding hydrogens is 243 g/mol. The highest BCUT2D eigenvalue weighted by Gasteiger charge is 2.09. The summed E-state index contributed by atoms with van der Waals surface area (Å²) in [4.78, 5) is 18.6. The highest BCUT2D eigenvalue weighted by Crippen LogP contribution is 2.28. The lowest BCUT2D eigenvalue weighted by molar-refractivity contribution is 0.0696. The van der Waals surface area contributed by atoms with Crippen LogP contribution >= 0.6 is 11.8 Å². The maximum atomic E-state index is 13.6. The molecule has 86 valence electrons. The topological polar surface area (TPSA) is 63.1 Å². The van der Waals surface area contributed by atoms with Crippen LogP contribution in [0.5, 0.6) is 0 Å². The number of halogens is 1. The van der Waals surface area contributed by atoms with E-state index in [1.54, 1.807) is 12.3 Å². The zero-order valence-electron chi connectivity index (χ0n) is 8.50. The maximum absolute atomic E-state index is 13.6. The van der Waals surface area contributed by atoms with Crippen molar-refractivity contribution in [1.82, 2.24) is 9.97 Å². The molecular formula is C11H7FN2O2S. The van der Waals surface area contributed by atoms with Crippen molar-refractivity contribution in [2.75, 3.05) is 0 Å². The number of carboxylic acids is 1. The SMILES string of the molecule is O=C(O)c1ccc(Sc2ccncn2)c(F)c1. The third-order valence-corrected chi connectivity index (χ3v) is 2.95. The normalized spacial score (nSPS) is 10.2. The van der Waals surface area contributed by atoms with E-state index in [0.29, 0.717) is 9.92 Å². The van der Waals surface area contributed by atoms with Gasteiger partial charge in [-0.1, -0.05) is 11.8 Å². The molecule has 0 saturated carbocycles. The molecule has 0 bridgehead atoms. The third kappa shape index (κ3) is 2.79. The fraction of sp³-hybridized carbons (Fsp3) is 0. The fourth-order valence-electron chi connectivity index (χ4n) is 1.17. The molecule has 17 heavy (non-hydrogen) atoms. The van der Waals surface area contributed by atoms with Crippen molar-refractivity contribution in [3.05, 3.63) is 48.2 Å². The first kappa shape index (κ1) is 11.5. The highest BCUT2D eigenvalue weighted by atomic mass is 32.2. The van der Waals surface area contributed by atoms with Crippen LogP contribution in [0.2, 0.25) is 0 Å². The molecule has 0 fully saturated rings. The maximum Gasteiger partial charge on any atom is 0.335 e. The first-order valence-corrected chi connectivity index (χ1v) is 5.45. The van der Waals surface area contributed by atoms with Crippen molar-refractivity contribution in [3.63, 3.8) is 0 Å². The molecule has 0 aliphatic rings. The Balaban J connectivity index is 2.26. The molecule has 0 radical (unpaired) electrons. The van der Waals surface area contributed by atoms with Crippen LogP contribution in [0.15, 0.2) is 46.7 Å². The molecule has 1 aromatic heterocycles. The Labute approximate surface area is 101 Å². The van der Waals surface area contributed by atoms with Crippen molar-refractivity contribution >= 4 is 17.7 Å². The van der Waals surface area contributed by atoms with Gasteiger partial charge in [-0.15, -0.1) is 0 Å². The number of benzene rings is 1. The van der Waals surface area contributed by atoms with E-state index in [-0.39, 0.29) is 5.56 Å². The van der Waals surface area contributed by atoms with Crippen molar-refractivity contribution in [2.24, 2.45) is 0 Å². The van der Waals surface area contributed by atoms with Crippen LogP contribution in [0.3, 0.4) is 0 Å². The highest BCUT2D eigenvalue weighted by molar-refractivity contribution is 7.99. The third-order valence-electron chi connectivity index (χ3n) is 1.95. The van der Waals surface area contributed by atoms with Gasteiger partial charge < -0.3 is 5.11 Å². The molecule has 0 atom stereocenters. The number of hydrogen-bond donors (Lipinski definition) is 1. The largest absolute Gasteiger partial charge is 0.478 e. The predicted octanol–water partition coefficient (Wildman–Crippen LogP) is 2.47. The van der Waals surface area contributed by atoms with Gasteiger partial charge in [0.05, 0.1) is 5.56 Å². The lowest BCUT2D eigenvalue weighted by Gasteiger charge is -2.02. The Bertz CT molecular complexity index is 548. The van der Waals surface area contributed by atoms with Crippen molar-refractivity contribution in [3.8, 4) is 0 Å². The second kappa shape index (κ2) is 4.92. The van der Waals surface area contributed by atoms with Crippen LogP contribution in [0.4, 0.5) is 4.39 Å². The zero-order chi connectivity index (χ0) is 12.3. The van der Waals surface area contributed by atoms with Crippen LogP contribution in [0.25, 0.3) is 0 Å². The van der Waals surface area contributed by atoms with E-state index in [1.807, 2.05) is 0 Å². The summed E-state index contributed by atoms with van der Waals surface area (Å²) in [6, 6.07) is 5.42. The summed E-state index contributed by atoms with van der Waals surface area (Å²) in [7, 11) is 0. The van der Waals surface area contributed by atoms with E-state index in [9.17, 15) is 9.18 Å². The molecule has 2 rings (SSSR count). The number of rotatable bonds is 3. The quantitative estimate of drug-likeness (QED) is 0.848. The summed E-state index contributed by atoms with van der Waals surface area (Å²) in [6.07, 6.45) is 2.92. The van der Waals surface area contributed by atoms with Gasteiger partial charge in [-0.3, -0.25) is 0 Å². The minimum Gasteiger partial charge on any atom is -0.478 e. The second-order valence-electron chi connectivity index (χ2n) is 3.10. The lowest BCUT2D eigenvalue weighted by Crippen LogP contribution is -1.97. The van der Waals surface area contributed by atoms with Gasteiger partial charge in [-0.2, -0.15) is 0 Å². The summed E-state index contributed by atoms with van der Waals surface area (Å²) in [5.74, 6) is -1.73. The van der Waals surface area contributed by atoms with E-state index in [1.165, 1.54) is 18.5 Å². The van der Waals surface area contributed by atoms with Gasteiger partial charge >= 0.3 is 5.97 Å². The lowest BCUT2D eigenvalue weighted by atomic mass is 10.2. The standard InChI is InChI=1S/C11H7FN2O2S/c12-8-5-7(11(15)16)1-2-9(8)17-10-3-4-13-6-14-10/h1-6H,(H,15,16). The smallest absolute Gasteiger partial charge is 0.335 e. The number of hydrogen-bond acceptors (Lipinski definition) is 4. The first-order valence-electron chi connectivity index (χ1n) is 4.63. The van der Waals surface area contributed by atoms with Crippen molar-refractivity contribution in [2.45, 2.75) is 9.92 Å². The molecule has 1 N–H and O–H groups in total. The van der Waals surface area contributed by atoms with Gasteiger partial charge in [0.25, 0.3) is 0 Å². The number of aromatic carboxylic acids is 1. The number of nitrogens with zero attached hydrogens (tertiary/aromatic N) is 2. The molecule has 0 aliphatic carbocycles. The Morgan fingerprint density at radius 2 is 2.18 bits per heavy atom. The van der Waals surface area contributed by atoms with Gasteiger partial charge in [0.2, 0.25) is 0 Å². The molecule has 0 unspecified atom stereocenters. The first-order chi connectivity index (χ1) is 8.16. The van der Waals surface area contributed by atoms with E-state index in [4.69, 9.17) is 5.11 Å². The number of carboxylic acid groups (broad SMARTS) is 1. The van der Waals surface area contributed by atoms with E-state index >= 15 is 0 Å². The Kier molecular flexibility index (Phi) is 3.34. The molecule has 0 amide bonds. The van der Waals surface area contributed by atoms with Crippen molar-refractivity contribution in [1.29, 1.82) is 0 Å². The van der Waals surface area contributed by atoms with Crippen LogP contribution in [-0.4, -0.2) is 21.0 Å². The summed E-state index contributed by atoms with van der Waals surface area (Å²) in [5, 5.41) is 9.29. The van der Waals surface area contributed by atoms with Gasteiger partial charge in [0, 0.05) is 11.1 Å². The Morgan fingerprint density at radius 1 is 1.35 bits per heavy atom. The Hall–Kier alpha value is -1.95. The molecule has 1 heterocycles. The fourth-order valence-corrected chi connectivity index (χ4v) is 1.91. The van der Waals surface area contributed by atoms with Gasteiger partial charge in [0.15, 0.2) is 0 Å². The average molecular weight is 250 g/mol. The molecule has 4 nitrogen and oxygen atoms in total. The van der Waals surface area contributed by atoms with E-state index in [2.05, 4.69) is 9.97 Å². The molecule has 6 heteroatoms. The van der Waals surface area contributed by atoms with Crippen molar-refractivity contribution < 1.29 is 14.3 Å². The summed E-state index contributed by atoms with van der Waals surface area (Å²) >= 11 is 1.12. The molecule has 1 aromatic carbocycles. The number of aromatic nitrogens is 2. The number of carbonyl (C=O) groups is 1. The molecule has 2 aromatic rings. The zero-order valence-corrected chi connectivity index (χ0v) is 9.32. The second-order valence-corrected chi connectivity index (χ2v) is 4.16. The minimum atomic E-state index is -1.15. The van der Waals surface area contributed by atoms with Gasteiger partial charge in [-0.05, 0) is 24.3 Å². The minimum absolute atomic E-state index is 0.0745. The molecule has 0 saturated heterocycles. The van der Waals surface area contributed by atoms with Gasteiger partial charge in [-0.25, -0.2) is 19.2 Å². The summed E-state index contributed by atoms with van der Waals surface area (Å²) in [5.41, 5.74) is -0.0745. The van der Waals surface area contributed by atoms with Crippen LogP contribution in [-0.2, 0) is 0 Å². The molecule has 0 aliphatic heterocycles. The summed E-state index contributed by atoms with van der Waals surface area (Å²) in [6.45, 7) is 0. The van der Waals surface area contributed by atoms with Gasteiger partial charge in [0.1, 0.15) is 17.2 Å². The van der Waals surface area contributed by atoms with E-state index in [0.717, 1.165) is 17.8 Å². The monoisotopic (exact) mass is 250 g/mol. The average Bonchev–Trinajstić information content (AvgIpc) is 2.33. The predicted molar refractivity (Wildman–Crippen MR) is 59.5 cm³/mol. The Morgan fingerprint density at radius 3 is 2.76 bits per heavy atom.